The molecule has 8 nitrogen and oxygen atoms in total. The molecule has 1 atom stereocenters. The van der Waals surface area contributed by atoms with E-state index in [0.717, 1.165) is 6.42 Å². The topological polar surface area (TPSA) is 113 Å². The number of hydrogen-bond donors (Lipinski definition) is 3. The van der Waals surface area contributed by atoms with Gasteiger partial charge in [0.2, 0.25) is 11.4 Å². The van der Waals surface area contributed by atoms with E-state index in [0.29, 0.717) is 30.3 Å². The molecule has 1 aromatic heterocycles. The van der Waals surface area contributed by atoms with Gasteiger partial charge < -0.3 is 10.6 Å². The minimum absolute atomic E-state index is 0.0203. The number of hydrogen-bond acceptors (Lipinski definition) is 4. The summed E-state index contributed by atoms with van der Waals surface area (Å²) in [5.41, 5.74) is -7.22. The molecular formula is C20H18ClF3N4O4. The maximum Gasteiger partial charge on any atom is 0.425 e. The summed E-state index contributed by atoms with van der Waals surface area (Å²) in [5, 5.41) is 3.99. The predicted molar refractivity (Wildman–Crippen MR) is 109 cm³/mol. The lowest BCUT2D eigenvalue weighted by Crippen LogP contribution is -2.63. The van der Waals surface area contributed by atoms with Crippen LogP contribution in [0.25, 0.3) is 5.69 Å². The van der Waals surface area contributed by atoms with Crippen molar-refractivity contribution < 1.29 is 22.8 Å². The van der Waals surface area contributed by atoms with E-state index in [1.165, 1.54) is 24.3 Å². The number of alkyl halides is 3. The van der Waals surface area contributed by atoms with Crippen LogP contribution in [0.4, 0.5) is 19.0 Å². The van der Waals surface area contributed by atoms with Crippen LogP contribution < -0.4 is 21.9 Å². The van der Waals surface area contributed by atoms with Gasteiger partial charge in [0.25, 0.3) is 11.5 Å². The molecule has 1 unspecified atom stereocenters. The second-order valence-electron chi connectivity index (χ2n) is 7.82. The number of fused-ring (bicyclic) bond motifs is 1. The van der Waals surface area contributed by atoms with Crippen molar-refractivity contribution in [3.05, 3.63) is 55.7 Å². The molecule has 0 radical (unpaired) electrons. The van der Waals surface area contributed by atoms with Gasteiger partial charge >= 0.3 is 11.9 Å². The van der Waals surface area contributed by atoms with Crippen molar-refractivity contribution in [2.45, 2.75) is 43.8 Å². The molecule has 2 aromatic rings. The summed E-state index contributed by atoms with van der Waals surface area (Å²) < 4.78 is 44.0. The molecule has 1 aliphatic carbocycles. The van der Waals surface area contributed by atoms with Crippen molar-refractivity contribution in [2.24, 2.45) is 5.92 Å². The highest BCUT2D eigenvalue weighted by Crippen LogP contribution is 2.45. The van der Waals surface area contributed by atoms with E-state index in [4.69, 9.17) is 11.6 Å². The fourth-order valence-electron chi connectivity index (χ4n) is 4.29. The minimum Gasteiger partial charge on any atom is -0.330 e. The van der Waals surface area contributed by atoms with E-state index in [1.54, 1.807) is 0 Å². The van der Waals surface area contributed by atoms with Crippen LogP contribution in [0.2, 0.25) is 5.02 Å². The summed E-state index contributed by atoms with van der Waals surface area (Å²) in [6, 6.07) is 5.57. The number of anilines is 1. The first-order chi connectivity index (χ1) is 15.1. The van der Waals surface area contributed by atoms with Crippen LogP contribution in [0.3, 0.4) is 0 Å². The zero-order valence-electron chi connectivity index (χ0n) is 16.5. The lowest BCUT2D eigenvalue weighted by Gasteiger charge is -2.32. The summed E-state index contributed by atoms with van der Waals surface area (Å²) in [5.74, 6) is -4.02. The Kier molecular flexibility index (Phi) is 5.40. The van der Waals surface area contributed by atoms with Gasteiger partial charge in [-0.3, -0.25) is 19.4 Å². The quantitative estimate of drug-likeness (QED) is 0.640. The third-order valence-corrected chi connectivity index (χ3v) is 6.07. The number of benzene rings is 1. The van der Waals surface area contributed by atoms with Crippen LogP contribution in [-0.4, -0.2) is 27.5 Å². The van der Waals surface area contributed by atoms with Gasteiger partial charge in [-0.05, 0) is 31.0 Å². The fourth-order valence-corrected chi connectivity index (χ4v) is 4.48. The Morgan fingerprint density at radius 3 is 2.47 bits per heavy atom. The highest BCUT2D eigenvalue weighted by atomic mass is 35.5. The van der Waals surface area contributed by atoms with Crippen molar-refractivity contribution in [2.75, 3.05) is 5.32 Å². The lowest BCUT2D eigenvalue weighted by atomic mass is 9.86. The van der Waals surface area contributed by atoms with Crippen LogP contribution in [0.1, 0.15) is 37.7 Å². The van der Waals surface area contributed by atoms with Gasteiger partial charge in [0, 0.05) is 10.9 Å². The van der Waals surface area contributed by atoms with E-state index < -0.39 is 52.1 Å². The SMILES string of the molecule is O=C(NC1(C(F)(F)F)C(=O)Nc2c1c(=O)[nH]c(=O)n2-c1cccc(Cl)c1)C1CCCCC1. The zero-order chi connectivity index (χ0) is 23.3. The number of H-pyrrole nitrogens is 1. The largest absolute Gasteiger partial charge is 0.425 e. The fraction of sp³-hybridized carbons (Fsp3) is 0.400. The van der Waals surface area contributed by atoms with Gasteiger partial charge in [0.1, 0.15) is 11.4 Å². The molecular weight excluding hydrogens is 453 g/mol. The number of halogens is 4. The minimum atomic E-state index is -5.36. The predicted octanol–water partition coefficient (Wildman–Crippen LogP) is 2.59. The normalized spacial score (nSPS) is 21.2. The maximum absolute atomic E-state index is 14.4. The highest BCUT2D eigenvalue weighted by molar-refractivity contribution is 6.30. The standard InChI is InChI=1S/C20H18ClF3N4O4/c21-11-7-4-8-12(9-11)28-14-13(16(30)26-18(28)32)19(17(31)25-14,20(22,23)24)27-15(29)10-5-2-1-3-6-10/h4,7-10H,1-3,5-6H2,(H,25,31)(H,27,29)(H,26,30,32). The van der Waals surface area contributed by atoms with Crippen LogP contribution >= 0.6 is 11.6 Å². The molecule has 0 bridgehead atoms. The Balaban J connectivity index is 1.93. The lowest BCUT2D eigenvalue weighted by molar-refractivity contribution is -0.201. The number of amides is 2. The second-order valence-corrected chi connectivity index (χ2v) is 8.26. The van der Waals surface area contributed by atoms with Crippen molar-refractivity contribution >= 4 is 29.2 Å². The zero-order valence-corrected chi connectivity index (χ0v) is 17.3. The molecule has 1 fully saturated rings. The number of nitrogens with one attached hydrogen (secondary N) is 3. The van der Waals surface area contributed by atoms with Gasteiger partial charge in [-0.2, -0.15) is 13.2 Å². The van der Waals surface area contributed by atoms with E-state index in [9.17, 15) is 32.3 Å². The first-order valence-corrected chi connectivity index (χ1v) is 10.3. The van der Waals surface area contributed by atoms with Gasteiger partial charge in [0.15, 0.2) is 0 Å². The molecule has 4 rings (SSSR count). The Morgan fingerprint density at radius 1 is 1.16 bits per heavy atom. The van der Waals surface area contributed by atoms with Crippen LogP contribution in [-0.2, 0) is 15.1 Å². The average Bonchev–Trinajstić information content (AvgIpc) is 3.02. The summed E-state index contributed by atoms with van der Waals surface area (Å²) in [7, 11) is 0. The molecule has 170 valence electrons. The van der Waals surface area contributed by atoms with E-state index in [1.807, 2.05) is 15.6 Å². The summed E-state index contributed by atoms with van der Waals surface area (Å²) in [4.78, 5) is 52.5. The van der Waals surface area contributed by atoms with Crippen LogP contribution in [0.15, 0.2) is 33.9 Å². The number of carbonyl (C=O) groups excluding carboxylic acids is 2. The maximum atomic E-state index is 14.4. The van der Waals surface area contributed by atoms with Crippen molar-refractivity contribution in [3.63, 3.8) is 0 Å². The van der Waals surface area contributed by atoms with Crippen molar-refractivity contribution in [1.29, 1.82) is 0 Å². The first kappa shape index (κ1) is 22.1. The third kappa shape index (κ3) is 3.40. The molecule has 2 amide bonds. The Bertz CT molecular complexity index is 1220. The number of carbonyl (C=O) groups is 2. The van der Waals surface area contributed by atoms with Crippen LogP contribution in [0.5, 0.6) is 0 Å². The van der Waals surface area contributed by atoms with Crippen molar-refractivity contribution in [1.82, 2.24) is 14.9 Å². The van der Waals surface area contributed by atoms with E-state index >= 15 is 0 Å². The molecule has 2 aliphatic rings. The summed E-state index contributed by atoms with van der Waals surface area (Å²) in [6.45, 7) is 0. The molecule has 2 heterocycles. The summed E-state index contributed by atoms with van der Waals surface area (Å²) in [6.07, 6.45) is -2.39. The van der Waals surface area contributed by atoms with E-state index in [2.05, 4.69) is 0 Å². The Labute approximate surface area is 183 Å². The Hall–Kier alpha value is -3.08. The van der Waals surface area contributed by atoms with Gasteiger partial charge in [-0.1, -0.05) is 36.9 Å². The molecule has 12 heteroatoms. The molecule has 1 aromatic carbocycles. The van der Waals surface area contributed by atoms with Crippen molar-refractivity contribution in [3.8, 4) is 5.69 Å². The van der Waals surface area contributed by atoms with Gasteiger partial charge in [-0.15, -0.1) is 0 Å². The molecule has 3 N–H and O–H groups in total. The number of nitrogens with zero attached hydrogens (tertiary/aromatic N) is 1. The van der Waals surface area contributed by atoms with Gasteiger partial charge in [-0.25, -0.2) is 9.36 Å². The number of rotatable bonds is 3. The average molecular weight is 471 g/mol. The number of aromatic amines is 1. The number of aromatic nitrogens is 2. The molecule has 0 spiro atoms. The highest BCUT2D eigenvalue weighted by Gasteiger charge is 2.68. The molecule has 0 saturated heterocycles. The molecule has 1 saturated carbocycles. The smallest absolute Gasteiger partial charge is 0.330 e. The molecule has 1 aliphatic heterocycles. The third-order valence-electron chi connectivity index (χ3n) is 5.84. The second kappa shape index (κ2) is 7.80. The van der Waals surface area contributed by atoms with Crippen LogP contribution in [0, 0.1) is 5.92 Å². The van der Waals surface area contributed by atoms with Gasteiger partial charge in [0.05, 0.1) is 5.69 Å². The summed E-state index contributed by atoms with van der Waals surface area (Å²) >= 11 is 5.93. The monoisotopic (exact) mass is 470 g/mol. The first-order valence-electron chi connectivity index (χ1n) is 9.92. The van der Waals surface area contributed by atoms with E-state index in [-0.39, 0.29) is 10.7 Å². The Morgan fingerprint density at radius 2 is 1.84 bits per heavy atom. The molecule has 32 heavy (non-hydrogen) atoms.